The molecule has 0 aliphatic carbocycles. The van der Waals surface area contributed by atoms with Crippen molar-refractivity contribution in [2.24, 2.45) is 5.41 Å². The van der Waals surface area contributed by atoms with Crippen molar-refractivity contribution < 1.29 is 0 Å². The second kappa shape index (κ2) is 8.39. The second-order valence-electron chi connectivity index (χ2n) is 5.94. The van der Waals surface area contributed by atoms with Gasteiger partial charge in [0.05, 0.1) is 0 Å². The summed E-state index contributed by atoms with van der Waals surface area (Å²) in [5, 5.41) is 3.64. The van der Waals surface area contributed by atoms with Crippen molar-refractivity contribution in [1.82, 2.24) is 10.2 Å². The Morgan fingerprint density at radius 1 is 1.28 bits per heavy atom. The van der Waals surface area contributed by atoms with Gasteiger partial charge in [-0.25, -0.2) is 0 Å². The Bertz CT molecular complexity index is 208. The van der Waals surface area contributed by atoms with Crippen LogP contribution in [0.15, 0.2) is 0 Å². The first-order valence-corrected chi connectivity index (χ1v) is 8.18. The lowest BCUT2D eigenvalue weighted by Crippen LogP contribution is -2.40. The van der Waals surface area contributed by atoms with Crippen LogP contribution in [0.3, 0.4) is 0 Å². The van der Waals surface area contributed by atoms with Crippen molar-refractivity contribution in [3.8, 4) is 0 Å². The monoisotopic (exact) mass is 274 g/mol. The van der Waals surface area contributed by atoms with E-state index in [1.165, 1.54) is 45.1 Å². The summed E-state index contributed by atoms with van der Waals surface area (Å²) in [6, 6.07) is 0.792. The number of halogens is 1. The molecule has 3 heteroatoms. The molecule has 0 spiro atoms. The van der Waals surface area contributed by atoms with E-state index < -0.39 is 0 Å². The number of hydrogen-bond donors (Lipinski definition) is 1. The molecule has 1 unspecified atom stereocenters. The fourth-order valence-electron chi connectivity index (χ4n) is 2.87. The summed E-state index contributed by atoms with van der Waals surface area (Å²) in [6.07, 6.45) is 7.78. The van der Waals surface area contributed by atoms with Crippen LogP contribution in [0, 0.1) is 5.41 Å². The number of nitrogens with zero attached hydrogens (tertiary/aromatic N) is 1. The number of rotatable bonds is 8. The minimum Gasteiger partial charge on any atom is -0.316 e. The van der Waals surface area contributed by atoms with Crippen LogP contribution in [-0.4, -0.2) is 43.5 Å². The third-order valence-corrected chi connectivity index (χ3v) is 5.43. The van der Waals surface area contributed by atoms with Gasteiger partial charge >= 0.3 is 0 Å². The molecule has 1 saturated heterocycles. The number of likely N-dealkylation sites (tertiary alicyclic amines) is 1. The average Bonchev–Trinajstić information content (AvgIpc) is 2.42. The minimum atomic E-state index is 0.306. The van der Waals surface area contributed by atoms with E-state index in [1.807, 2.05) is 0 Å². The third-order valence-electron chi connectivity index (χ3n) is 4.86. The van der Waals surface area contributed by atoms with Gasteiger partial charge in [-0.15, -0.1) is 11.6 Å². The molecular formula is C15H31ClN2. The highest BCUT2D eigenvalue weighted by atomic mass is 35.5. The summed E-state index contributed by atoms with van der Waals surface area (Å²) in [6.45, 7) is 7.98. The normalized spacial score (nSPS) is 22.3. The average molecular weight is 275 g/mol. The maximum Gasteiger partial charge on any atom is 0.0291 e. The Balaban J connectivity index is 2.20. The van der Waals surface area contributed by atoms with Gasteiger partial charge in [-0.2, -0.15) is 0 Å². The zero-order chi connectivity index (χ0) is 13.4. The zero-order valence-corrected chi connectivity index (χ0v) is 13.2. The molecule has 108 valence electrons. The second-order valence-corrected chi connectivity index (χ2v) is 6.20. The SMILES string of the molecule is CCC(CC)(CCl)CNCCC1CCCCN1C. The van der Waals surface area contributed by atoms with E-state index in [1.54, 1.807) is 0 Å². The predicted molar refractivity (Wildman–Crippen MR) is 81.5 cm³/mol. The van der Waals surface area contributed by atoms with Gasteiger partial charge in [0.2, 0.25) is 0 Å². The standard InChI is InChI=1S/C15H31ClN2/c1-4-15(5-2,12-16)13-17-10-9-14-8-6-7-11-18(14)3/h14,17H,4-13H2,1-3H3. The van der Waals surface area contributed by atoms with E-state index in [9.17, 15) is 0 Å². The predicted octanol–water partition coefficient (Wildman–Crippen LogP) is 3.50. The molecule has 0 aromatic carbocycles. The molecule has 0 saturated carbocycles. The Labute approximate surface area is 118 Å². The molecule has 1 rings (SSSR count). The van der Waals surface area contributed by atoms with Gasteiger partial charge in [-0.3, -0.25) is 0 Å². The van der Waals surface area contributed by atoms with E-state index in [-0.39, 0.29) is 0 Å². The van der Waals surface area contributed by atoms with E-state index >= 15 is 0 Å². The highest BCUT2D eigenvalue weighted by Gasteiger charge is 2.24. The zero-order valence-electron chi connectivity index (χ0n) is 12.5. The molecule has 1 fully saturated rings. The molecular weight excluding hydrogens is 244 g/mol. The topological polar surface area (TPSA) is 15.3 Å². The molecule has 0 aromatic rings. The van der Waals surface area contributed by atoms with Gasteiger partial charge < -0.3 is 10.2 Å². The van der Waals surface area contributed by atoms with Crippen molar-refractivity contribution in [3.63, 3.8) is 0 Å². The molecule has 2 nitrogen and oxygen atoms in total. The molecule has 0 radical (unpaired) electrons. The van der Waals surface area contributed by atoms with Crippen LogP contribution in [0.25, 0.3) is 0 Å². The van der Waals surface area contributed by atoms with Gasteiger partial charge in [0, 0.05) is 18.5 Å². The third kappa shape index (κ3) is 4.71. The molecule has 1 aliphatic heterocycles. The lowest BCUT2D eigenvalue weighted by Gasteiger charge is -2.33. The molecule has 18 heavy (non-hydrogen) atoms. The highest BCUT2D eigenvalue weighted by Crippen LogP contribution is 2.27. The van der Waals surface area contributed by atoms with Gasteiger partial charge in [0.25, 0.3) is 0 Å². The lowest BCUT2D eigenvalue weighted by atomic mass is 9.84. The van der Waals surface area contributed by atoms with E-state index in [2.05, 4.69) is 31.1 Å². The number of hydrogen-bond acceptors (Lipinski definition) is 2. The van der Waals surface area contributed by atoms with Crippen LogP contribution < -0.4 is 5.32 Å². The van der Waals surface area contributed by atoms with Crippen LogP contribution >= 0.6 is 11.6 Å². The summed E-state index contributed by atoms with van der Waals surface area (Å²) < 4.78 is 0. The Morgan fingerprint density at radius 3 is 2.56 bits per heavy atom. The van der Waals surface area contributed by atoms with Crippen LogP contribution in [0.1, 0.15) is 52.4 Å². The molecule has 0 bridgehead atoms. The molecule has 1 atom stereocenters. The molecule has 0 aromatic heterocycles. The maximum absolute atomic E-state index is 6.13. The van der Waals surface area contributed by atoms with E-state index in [0.717, 1.165) is 25.0 Å². The first-order chi connectivity index (χ1) is 8.67. The molecule has 1 heterocycles. The Kier molecular flexibility index (Phi) is 7.59. The first kappa shape index (κ1) is 16.3. The lowest BCUT2D eigenvalue weighted by molar-refractivity contribution is 0.173. The van der Waals surface area contributed by atoms with E-state index in [0.29, 0.717) is 5.41 Å². The van der Waals surface area contributed by atoms with Crippen molar-refractivity contribution in [2.75, 3.05) is 32.6 Å². The quantitative estimate of drug-likeness (QED) is 0.538. The Hall–Kier alpha value is 0.210. The smallest absolute Gasteiger partial charge is 0.0291 e. The van der Waals surface area contributed by atoms with Crippen molar-refractivity contribution >= 4 is 11.6 Å². The molecule has 1 aliphatic rings. The van der Waals surface area contributed by atoms with Gasteiger partial charge in [0.15, 0.2) is 0 Å². The van der Waals surface area contributed by atoms with Crippen LogP contribution in [-0.2, 0) is 0 Å². The van der Waals surface area contributed by atoms with Gasteiger partial charge in [-0.1, -0.05) is 20.3 Å². The highest BCUT2D eigenvalue weighted by molar-refractivity contribution is 6.18. The first-order valence-electron chi connectivity index (χ1n) is 7.64. The van der Waals surface area contributed by atoms with Crippen molar-refractivity contribution in [3.05, 3.63) is 0 Å². The Morgan fingerprint density at radius 2 is 2.00 bits per heavy atom. The van der Waals surface area contributed by atoms with Crippen LogP contribution in [0.4, 0.5) is 0 Å². The largest absolute Gasteiger partial charge is 0.316 e. The van der Waals surface area contributed by atoms with Crippen LogP contribution in [0.2, 0.25) is 0 Å². The summed E-state index contributed by atoms with van der Waals surface area (Å²) in [7, 11) is 2.27. The fourth-order valence-corrected chi connectivity index (χ4v) is 3.34. The summed E-state index contributed by atoms with van der Waals surface area (Å²) in [5.74, 6) is 0.774. The van der Waals surface area contributed by atoms with Gasteiger partial charge in [-0.05, 0) is 57.7 Å². The maximum atomic E-state index is 6.13. The van der Waals surface area contributed by atoms with Gasteiger partial charge in [0.1, 0.15) is 0 Å². The van der Waals surface area contributed by atoms with E-state index in [4.69, 9.17) is 11.6 Å². The van der Waals surface area contributed by atoms with Crippen LogP contribution in [0.5, 0.6) is 0 Å². The van der Waals surface area contributed by atoms with Crippen molar-refractivity contribution in [2.45, 2.75) is 58.4 Å². The number of nitrogens with one attached hydrogen (secondary N) is 1. The van der Waals surface area contributed by atoms with Crippen molar-refractivity contribution in [1.29, 1.82) is 0 Å². The summed E-state index contributed by atoms with van der Waals surface area (Å²) in [5.41, 5.74) is 0.306. The molecule has 1 N–H and O–H groups in total. The number of piperidine rings is 1. The summed E-state index contributed by atoms with van der Waals surface area (Å²) in [4.78, 5) is 2.53. The fraction of sp³-hybridized carbons (Fsp3) is 1.00. The molecule has 0 amide bonds. The number of alkyl halides is 1. The minimum absolute atomic E-state index is 0.306. The summed E-state index contributed by atoms with van der Waals surface area (Å²) >= 11 is 6.13.